The van der Waals surface area contributed by atoms with Crippen LogP contribution in [0.15, 0.2) is 33.5 Å². The molecule has 0 unspecified atom stereocenters. The highest BCUT2D eigenvalue weighted by molar-refractivity contribution is 6.31. The first kappa shape index (κ1) is 12.0. The fraction of sp³-hybridized carbons (Fsp3) is 0.0769. The number of rotatable bonds is 1. The molecule has 96 valence electrons. The second-order valence-corrected chi connectivity index (χ2v) is 4.53. The normalized spacial score (nSPS) is 11.3. The topological polar surface area (TPSA) is 89.3 Å². The quantitative estimate of drug-likeness (QED) is 0.524. The van der Waals surface area contributed by atoms with E-state index in [0.717, 1.165) is 0 Å². The zero-order valence-corrected chi connectivity index (χ0v) is 10.4. The average molecular weight is 277 g/mol. The molecule has 2 aliphatic rings. The Labute approximate surface area is 112 Å². The minimum atomic E-state index is -0.400. The van der Waals surface area contributed by atoms with Crippen LogP contribution in [0.4, 0.5) is 5.69 Å². The van der Waals surface area contributed by atoms with Crippen LogP contribution in [-0.2, 0) is 6.61 Å². The zero-order valence-electron chi connectivity index (χ0n) is 9.68. The van der Waals surface area contributed by atoms with Gasteiger partial charge in [-0.1, -0.05) is 11.6 Å². The van der Waals surface area contributed by atoms with E-state index in [0.29, 0.717) is 21.8 Å². The van der Waals surface area contributed by atoms with E-state index in [4.69, 9.17) is 21.8 Å². The smallest absolute Gasteiger partial charge is 0.205 e. The number of benzene rings is 2. The SMILES string of the molecule is Nc1c(CO)c2nc3ccc(Cl)cc3oc-2cc1=O. The molecule has 19 heavy (non-hydrogen) atoms. The highest BCUT2D eigenvalue weighted by Crippen LogP contribution is 2.30. The lowest BCUT2D eigenvalue weighted by atomic mass is 10.1. The summed E-state index contributed by atoms with van der Waals surface area (Å²) < 4.78 is 5.59. The summed E-state index contributed by atoms with van der Waals surface area (Å²) in [6, 6.07) is 6.26. The van der Waals surface area contributed by atoms with Crippen molar-refractivity contribution in [2.75, 3.05) is 5.73 Å². The molecule has 3 N–H and O–H groups in total. The molecule has 0 spiro atoms. The minimum Gasteiger partial charge on any atom is -0.453 e. The third-order valence-corrected chi connectivity index (χ3v) is 3.14. The van der Waals surface area contributed by atoms with Crippen molar-refractivity contribution < 1.29 is 9.52 Å². The van der Waals surface area contributed by atoms with Crippen molar-refractivity contribution in [1.82, 2.24) is 4.98 Å². The monoisotopic (exact) mass is 276 g/mol. The van der Waals surface area contributed by atoms with Crippen LogP contribution in [0.5, 0.6) is 0 Å². The van der Waals surface area contributed by atoms with Crippen molar-refractivity contribution in [2.24, 2.45) is 0 Å². The molecule has 0 fully saturated rings. The van der Waals surface area contributed by atoms with Crippen LogP contribution in [-0.4, -0.2) is 10.1 Å². The van der Waals surface area contributed by atoms with Crippen LogP contribution >= 0.6 is 11.6 Å². The van der Waals surface area contributed by atoms with Gasteiger partial charge in [-0.3, -0.25) is 4.79 Å². The number of aliphatic hydroxyl groups is 1. The molecular formula is C13H9ClN2O3. The molecule has 0 bridgehead atoms. The first-order valence-corrected chi connectivity index (χ1v) is 5.90. The Morgan fingerprint density at radius 3 is 2.89 bits per heavy atom. The lowest BCUT2D eigenvalue weighted by molar-refractivity contribution is 0.282. The van der Waals surface area contributed by atoms with Gasteiger partial charge in [-0.15, -0.1) is 0 Å². The Morgan fingerprint density at radius 2 is 2.16 bits per heavy atom. The van der Waals surface area contributed by atoms with Crippen LogP contribution < -0.4 is 11.2 Å². The van der Waals surface area contributed by atoms with Gasteiger partial charge in [0.1, 0.15) is 11.2 Å². The van der Waals surface area contributed by atoms with E-state index >= 15 is 0 Å². The molecular weight excluding hydrogens is 268 g/mol. The Bertz CT molecular complexity index is 813. The third-order valence-electron chi connectivity index (χ3n) is 2.90. The maximum absolute atomic E-state index is 11.7. The third kappa shape index (κ3) is 1.83. The Kier molecular flexibility index (Phi) is 2.66. The van der Waals surface area contributed by atoms with Crippen molar-refractivity contribution in [3.8, 4) is 11.5 Å². The van der Waals surface area contributed by atoms with Gasteiger partial charge in [-0.2, -0.15) is 0 Å². The van der Waals surface area contributed by atoms with E-state index in [1.807, 2.05) is 0 Å². The van der Waals surface area contributed by atoms with E-state index < -0.39 is 5.43 Å². The van der Waals surface area contributed by atoms with Crippen LogP contribution in [0.1, 0.15) is 5.56 Å². The van der Waals surface area contributed by atoms with Gasteiger partial charge in [-0.25, -0.2) is 4.98 Å². The first-order chi connectivity index (χ1) is 9.10. The van der Waals surface area contributed by atoms with E-state index in [2.05, 4.69) is 4.98 Å². The predicted octanol–water partition coefficient (Wildman–Crippen LogP) is 2.02. The zero-order chi connectivity index (χ0) is 13.6. The molecule has 5 nitrogen and oxygen atoms in total. The van der Waals surface area contributed by atoms with Gasteiger partial charge < -0.3 is 15.3 Å². The van der Waals surface area contributed by atoms with E-state index in [9.17, 15) is 9.90 Å². The maximum Gasteiger partial charge on any atom is 0.205 e. The summed E-state index contributed by atoms with van der Waals surface area (Å²) in [5.41, 5.74) is 6.95. The lowest BCUT2D eigenvalue weighted by Gasteiger charge is -2.11. The second-order valence-electron chi connectivity index (χ2n) is 4.10. The molecule has 1 aliphatic carbocycles. The van der Waals surface area contributed by atoms with Crippen LogP contribution in [0, 0.1) is 0 Å². The van der Waals surface area contributed by atoms with Gasteiger partial charge in [0.25, 0.3) is 0 Å². The summed E-state index contributed by atoms with van der Waals surface area (Å²) in [5, 5.41) is 9.85. The highest BCUT2D eigenvalue weighted by Gasteiger charge is 2.18. The maximum atomic E-state index is 11.7. The van der Waals surface area contributed by atoms with Gasteiger partial charge in [0.2, 0.25) is 5.43 Å². The number of hydrogen-bond donors (Lipinski definition) is 2. The molecule has 0 saturated carbocycles. The summed E-state index contributed by atoms with van der Waals surface area (Å²) in [4.78, 5) is 16.0. The number of nitrogens with zero attached hydrogens (tertiary/aromatic N) is 1. The predicted molar refractivity (Wildman–Crippen MR) is 72.2 cm³/mol. The standard InChI is InChI=1S/C13H9ClN2O3/c14-6-1-2-8-10(3-6)19-11-4-9(18)12(15)7(5-17)13(11)16-8/h1-4,17H,5,15H2. The minimum absolute atomic E-state index is 0.00832. The van der Waals surface area contributed by atoms with Gasteiger partial charge in [-0.05, 0) is 12.1 Å². The van der Waals surface area contributed by atoms with Crippen molar-refractivity contribution in [3.05, 3.63) is 45.1 Å². The molecule has 0 amide bonds. The molecule has 0 atom stereocenters. The molecule has 6 heteroatoms. The number of fused-ring (bicyclic) bond motifs is 2. The molecule has 3 rings (SSSR count). The molecule has 0 aromatic heterocycles. The molecule has 1 aromatic rings. The van der Waals surface area contributed by atoms with Gasteiger partial charge in [0, 0.05) is 22.7 Å². The van der Waals surface area contributed by atoms with Crippen LogP contribution in [0.25, 0.3) is 22.6 Å². The number of nitrogens with two attached hydrogens (primary N) is 1. The summed E-state index contributed by atoms with van der Waals surface area (Å²) in [5.74, 6) is 0.276. The van der Waals surface area contributed by atoms with Crippen LogP contribution in [0.2, 0.25) is 5.02 Å². The molecule has 1 heterocycles. The van der Waals surface area contributed by atoms with E-state index in [1.165, 1.54) is 6.07 Å². The summed E-state index contributed by atoms with van der Waals surface area (Å²) >= 11 is 5.88. The summed E-state index contributed by atoms with van der Waals surface area (Å²) in [6.45, 7) is -0.375. The summed E-state index contributed by atoms with van der Waals surface area (Å²) in [6.07, 6.45) is 0. The number of hydrogen-bond acceptors (Lipinski definition) is 5. The van der Waals surface area contributed by atoms with Crippen molar-refractivity contribution in [2.45, 2.75) is 6.61 Å². The number of aromatic nitrogens is 1. The summed E-state index contributed by atoms with van der Waals surface area (Å²) in [7, 11) is 0. The number of aliphatic hydroxyl groups excluding tert-OH is 1. The second kappa shape index (κ2) is 4.22. The first-order valence-electron chi connectivity index (χ1n) is 5.52. The number of halogens is 1. The highest BCUT2D eigenvalue weighted by atomic mass is 35.5. The van der Waals surface area contributed by atoms with Gasteiger partial charge in [0.15, 0.2) is 11.3 Å². The lowest BCUT2D eigenvalue weighted by Crippen LogP contribution is -2.13. The fourth-order valence-corrected chi connectivity index (χ4v) is 2.11. The van der Waals surface area contributed by atoms with Gasteiger partial charge >= 0.3 is 0 Å². The van der Waals surface area contributed by atoms with Crippen LogP contribution in [0.3, 0.4) is 0 Å². The van der Waals surface area contributed by atoms with Crippen molar-refractivity contribution in [3.63, 3.8) is 0 Å². The number of anilines is 1. The molecule has 1 aliphatic heterocycles. The molecule has 0 radical (unpaired) electrons. The number of nitrogen functional groups attached to an aromatic ring is 1. The fourth-order valence-electron chi connectivity index (χ4n) is 1.95. The molecule has 0 saturated heterocycles. The van der Waals surface area contributed by atoms with Crippen molar-refractivity contribution in [1.29, 1.82) is 0 Å². The Morgan fingerprint density at radius 1 is 1.37 bits per heavy atom. The van der Waals surface area contributed by atoms with Gasteiger partial charge in [0.05, 0.1) is 12.3 Å². The molecule has 1 aromatic carbocycles. The average Bonchev–Trinajstić information content (AvgIpc) is 2.38. The largest absolute Gasteiger partial charge is 0.453 e. The van der Waals surface area contributed by atoms with Crippen molar-refractivity contribution >= 4 is 28.4 Å². The Hall–Kier alpha value is -2.11. The van der Waals surface area contributed by atoms with E-state index in [1.54, 1.807) is 18.2 Å². The van der Waals surface area contributed by atoms with E-state index in [-0.39, 0.29) is 23.6 Å². The Balaban J connectivity index is 2.48.